The number of rotatable bonds is 1. The Kier molecular flexibility index (Phi) is 6.01. The lowest BCUT2D eigenvalue weighted by Gasteiger charge is -2.43. The molecule has 0 saturated carbocycles. The number of aromatic nitrogens is 2. The second kappa shape index (κ2) is 7.85. The molecule has 1 spiro atoms. The van der Waals surface area contributed by atoms with Gasteiger partial charge in [0, 0.05) is 19.6 Å². The molecule has 1 aromatic rings. The first-order chi connectivity index (χ1) is 12.1. The third-order valence-electron chi connectivity index (χ3n) is 4.14. The minimum Gasteiger partial charge on any atom is -0.475 e. The average Bonchev–Trinajstić information content (AvgIpc) is 2.59. The summed E-state index contributed by atoms with van der Waals surface area (Å²) >= 11 is 0. The number of morpholine rings is 1. The van der Waals surface area contributed by atoms with Crippen LogP contribution >= 0.6 is 0 Å². The molecule has 1 amide bonds. The Labute approximate surface area is 147 Å². The van der Waals surface area contributed by atoms with Gasteiger partial charge in [0.2, 0.25) is 5.91 Å². The Bertz CT molecular complexity index is 631. The fourth-order valence-corrected chi connectivity index (χ4v) is 2.61. The molecule has 2 N–H and O–H groups in total. The predicted molar refractivity (Wildman–Crippen MR) is 83.6 cm³/mol. The van der Waals surface area contributed by atoms with Gasteiger partial charge in [-0.25, -0.2) is 4.79 Å². The van der Waals surface area contributed by atoms with E-state index < -0.39 is 12.1 Å². The fourth-order valence-electron chi connectivity index (χ4n) is 2.61. The van der Waals surface area contributed by atoms with E-state index >= 15 is 0 Å². The van der Waals surface area contributed by atoms with Crippen LogP contribution in [0, 0.1) is 6.92 Å². The van der Waals surface area contributed by atoms with E-state index in [4.69, 9.17) is 14.6 Å². The number of hydrogen-bond acceptors (Lipinski definition) is 6. The molecule has 0 aliphatic carbocycles. The molecular weight excluding hydrogens is 357 g/mol. The molecule has 26 heavy (non-hydrogen) atoms. The van der Waals surface area contributed by atoms with Crippen molar-refractivity contribution in [3.8, 4) is 0 Å². The third kappa shape index (κ3) is 5.28. The van der Waals surface area contributed by atoms with Crippen LogP contribution in [0.25, 0.3) is 0 Å². The minimum atomic E-state index is -5.08. The smallest absolute Gasteiger partial charge is 0.475 e. The zero-order valence-corrected chi connectivity index (χ0v) is 14.0. The van der Waals surface area contributed by atoms with Crippen molar-refractivity contribution in [1.29, 1.82) is 0 Å². The van der Waals surface area contributed by atoms with Crippen molar-refractivity contribution < 1.29 is 32.6 Å². The molecule has 0 radical (unpaired) electrons. The number of hydrogen-bond donors (Lipinski definition) is 2. The van der Waals surface area contributed by atoms with Crippen LogP contribution in [0.5, 0.6) is 0 Å². The van der Waals surface area contributed by atoms with Crippen LogP contribution < -0.4 is 10.2 Å². The van der Waals surface area contributed by atoms with Gasteiger partial charge in [-0.05, 0) is 31.9 Å². The standard InChI is InChI=1S/C13H18N4O2.C2HF3O2/c1-10-2-3-11(16-15-10)17-6-4-13(5-7-17)9-14-12(18)8-19-13;3-2(4,5)1(6)7/h2-3H,4-9H2,1H3,(H,14,18);(H,6,7). The lowest BCUT2D eigenvalue weighted by Crippen LogP contribution is -2.57. The largest absolute Gasteiger partial charge is 0.490 e. The van der Waals surface area contributed by atoms with Gasteiger partial charge in [0.1, 0.15) is 6.61 Å². The Balaban J connectivity index is 0.000000298. The summed E-state index contributed by atoms with van der Waals surface area (Å²) < 4.78 is 37.5. The maximum Gasteiger partial charge on any atom is 0.490 e. The summed E-state index contributed by atoms with van der Waals surface area (Å²) in [5, 5.41) is 18.3. The SMILES string of the molecule is Cc1ccc(N2CCC3(CC2)CNC(=O)CO3)nn1.O=C(O)C(F)(F)F. The molecule has 0 unspecified atom stereocenters. The number of nitrogens with zero attached hydrogens (tertiary/aromatic N) is 3. The third-order valence-corrected chi connectivity index (χ3v) is 4.14. The van der Waals surface area contributed by atoms with Gasteiger partial charge in [-0.3, -0.25) is 4.79 Å². The Morgan fingerprint density at radius 1 is 1.31 bits per heavy atom. The molecular formula is C15H19F3N4O4. The number of carboxylic acid groups (broad SMARTS) is 1. The van der Waals surface area contributed by atoms with Gasteiger partial charge in [0.25, 0.3) is 0 Å². The molecule has 2 aliphatic rings. The van der Waals surface area contributed by atoms with E-state index in [2.05, 4.69) is 20.4 Å². The number of amides is 1. The number of carboxylic acids is 1. The molecule has 0 atom stereocenters. The quantitative estimate of drug-likeness (QED) is 0.750. The number of halogens is 3. The highest BCUT2D eigenvalue weighted by Gasteiger charge is 2.39. The number of ether oxygens (including phenoxy) is 1. The molecule has 0 bridgehead atoms. The van der Waals surface area contributed by atoms with Crippen molar-refractivity contribution in [2.75, 3.05) is 31.1 Å². The van der Waals surface area contributed by atoms with Crippen LogP contribution in [0.15, 0.2) is 12.1 Å². The normalized spacial score (nSPS) is 19.4. The van der Waals surface area contributed by atoms with E-state index in [1.165, 1.54) is 0 Å². The molecule has 3 heterocycles. The van der Waals surface area contributed by atoms with Gasteiger partial charge in [-0.2, -0.15) is 18.3 Å². The van der Waals surface area contributed by atoms with Gasteiger partial charge in [-0.15, -0.1) is 5.10 Å². The molecule has 11 heteroatoms. The summed E-state index contributed by atoms with van der Waals surface area (Å²) in [6.45, 7) is 4.51. The van der Waals surface area contributed by atoms with Gasteiger partial charge in [0.15, 0.2) is 5.82 Å². The van der Waals surface area contributed by atoms with Crippen molar-refractivity contribution in [2.45, 2.75) is 31.5 Å². The molecule has 144 valence electrons. The average molecular weight is 376 g/mol. The fraction of sp³-hybridized carbons (Fsp3) is 0.600. The number of aryl methyl sites for hydroxylation is 1. The Morgan fingerprint density at radius 2 is 1.92 bits per heavy atom. The summed E-state index contributed by atoms with van der Waals surface area (Å²) in [5.74, 6) is -1.86. The molecule has 2 aliphatic heterocycles. The number of piperidine rings is 1. The van der Waals surface area contributed by atoms with Crippen LogP contribution in [0.1, 0.15) is 18.5 Å². The van der Waals surface area contributed by atoms with Crippen molar-refractivity contribution in [3.63, 3.8) is 0 Å². The van der Waals surface area contributed by atoms with Gasteiger partial charge in [-0.1, -0.05) is 0 Å². The van der Waals surface area contributed by atoms with E-state index in [9.17, 15) is 18.0 Å². The lowest BCUT2D eigenvalue weighted by atomic mass is 9.90. The van der Waals surface area contributed by atoms with Crippen LogP contribution in [-0.2, 0) is 14.3 Å². The zero-order chi connectivity index (χ0) is 19.4. The molecule has 2 saturated heterocycles. The predicted octanol–water partition coefficient (Wildman–Crippen LogP) is 0.904. The van der Waals surface area contributed by atoms with Crippen LogP contribution in [-0.4, -0.2) is 65.2 Å². The van der Waals surface area contributed by atoms with Crippen molar-refractivity contribution in [3.05, 3.63) is 17.8 Å². The monoisotopic (exact) mass is 376 g/mol. The first kappa shape index (κ1) is 19.9. The van der Waals surface area contributed by atoms with E-state index in [0.717, 1.165) is 37.4 Å². The van der Waals surface area contributed by atoms with Gasteiger partial charge >= 0.3 is 12.1 Å². The van der Waals surface area contributed by atoms with E-state index in [1.807, 2.05) is 19.1 Å². The van der Waals surface area contributed by atoms with E-state index in [1.54, 1.807) is 0 Å². The summed E-state index contributed by atoms with van der Waals surface area (Å²) in [7, 11) is 0. The van der Waals surface area contributed by atoms with Gasteiger partial charge < -0.3 is 20.1 Å². The minimum absolute atomic E-state index is 0.0162. The van der Waals surface area contributed by atoms with Crippen LogP contribution in [0.2, 0.25) is 0 Å². The summed E-state index contributed by atoms with van der Waals surface area (Å²) in [4.78, 5) is 22.3. The first-order valence-electron chi connectivity index (χ1n) is 7.87. The second-order valence-electron chi connectivity index (χ2n) is 6.07. The molecule has 2 fully saturated rings. The maximum atomic E-state index is 11.1. The number of carbonyl (C=O) groups is 2. The Hall–Kier alpha value is -2.43. The lowest BCUT2D eigenvalue weighted by molar-refractivity contribution is -0.192. The second-order valence-corrected chi connectivity index (χ2v) is 6.07. The zero-order valence-electron chi connectivity index (χ0n) is 14.0. The number of carbonyl (C=O) groups excluding carboxylic acids is 1. The Morgan fingerprint density at radius 3 is 2.35 bits per heavy atom. The number of anilines is 1. The highest BCUT2D eigenvalue weighted by atomic mass is 19.4. The van der Waals surface area contributed by atoms with Crippen LogP contribution in [0.3, 0.4) is 0 Å². The van der Waals surface area contributed by atoms with Crippen molar-refractivity contribution in [1.82, 2.24) is 15.5 Å². The van der Waals surface area contributed by atoms with Gasteiger partial charge in [0.05, 0.1) is 11.3 Å². The van der Waals surface area contributed by atoms with Crippen molar-refractivity contribution >= 4 is 17.7 Å². The van der Waals surface area contributed by atoms with E-state index in [-0.39, 0.29) is 18.1 Å². The summed E-state index contributed by atoms with van der Waals surface area (Å²) in [5.41, 5.74) is 0.748. The van der Waals surface area contributed by atoms with Crippen LogP contribution in [0.4, 0.5) is 19.0 Å². The molecule has 1 aromatic heterocycles. The summed E-state index contributed by atoms with van der Waals surface area (Å²) in [6.07, 6.45) is -3.27. The number of alkyl halides is 3. The van der Waals surface area contributed by atoms with Crippen molar-refractivity contribution in [2.24, 2.45) is 0 Å². The molecule has 3 rings (SSSR count). The number of aliphatic carboxylic acids is 1. The molecule has 0 aromatic carbocycles. The highest BCUT2D eigenvalue weighted by Crippen LogP contribution is 2.29. The first-order valence-corrected chi connectivity index (χ1v) is 7.87. The topological polar surface area (TPSA) is 105 Å². The summed E-state index contributed by atoms with van der Waals surface area (Å²) in [6, 6.07) is 3.98. The maximum absolute atomic E-state index is 11.1. The highest BCUT2D eigenvalue weighted by molar-refractivity contribution is 5.78. The number of nitrogens with one attached hydrogen (secondary N) is 1. The van der Waals surface area contributed by atoms with E-state index in [0.29, 0.717) is 6.54 Å². The molecule has 8 nitrogen and oxygen atoms in total.